The maximum Gasteiger partial charge on any atom is 0.242 e. The Labute approximate surface area is 215 Å². The molecule has 0 saturated heterocycles. The zero-order valence-electron chi connectivity index (χ0n) is 21.9. The van der Waals surface area contributed by atoms with Crippen LogP contribution >= 0.6 is 0 Å². The molecule has 1 N–H and O–H groups in total. The second-order valence-electron chi connectivity index (χ2n) is 9.25. The average molecular weight is 518 g/mol. The summed E-state index contributed by atoms with van der Waals surface area (Å²) in [5.74, 6) is 0.351. The van der Waals surface area contributed by atoms with E-state index < -0.39 is 16.1 Å². The minimum Gasteiger partial charge on any atom is -0.495 e. The van der Waals surface area contributed by atoms with Crippen LogP contribution in [0.25, 0.3) is 0 Å². The highest BCUT2D eigenvalue weighted by Crippen LogP contribution is 2.29. The highest BCUT2D eigenvalue weighted by molar-refractivity contribution is 7.92. The summed E-state index contributed by atoms with van der Waals surface area (Å²) in [7, 11) is -2.11. The SMILES string of the molecule is COc1ccccc1N(CCCC(=O)N(CCc1ccccc1)[C@@H](C)C(=O)NCC(C)C)S(C)(=O)=O. The number of rotatable bonds is 14. The molecule has 0 aromatic heterocycles. The standard InChI is InChI=1S/C27H39N3O5S/c1-21(2)20-28-27(32)22(3)29(19-17-23-12-7-6-8-13-23)26(31)16-11-18-30(36(5,33)34)24-14-9-10-15-25(24)35-4/h6-10,12-15,21-22H,11,16-20H2,1-5H3,(H,28,32)/t22-/m0/s1. The lowest BCUT2D eigenvalue weighted by Gasteiger charge is -2.29. The fourth-order valence-corrected chi connectivity index (χ4v) is 4.81. The van der Waals surface area contributed by atoms with Crippen molar-refractivity contribution in [3.8, 4) is 5.75 Å². The van der Waals surface area contributed by atoms with Gasteiger partial charge in [-0.15, -0.1) is 0 Å². The van der Waals surface area contributed by atoms with Gasteiger partial charge >= 0.3 is 0 Å². The molecule has 9 heteroatoms. The number of carbonyl (C=O) groups is 2. The Morgan fingerprint density at radius 2 is 1.61 bits per heavy atom. The first kappa shape index (κ1) is 29.2. The van der Waals surface area contributed by atoms with Crippen LogP contribution in [0.15, 0.2) is 54.6 Å². The minimum absolute atomic E-state index is 0.109. The zero-order chi connectivity index (χ0) is 26.7. The van der Waals surface area contributed by atoms with Crippen LogP contribution < -0.4 is 14.4 Å². The van der Waals surface area contributed by atoms with Gasteiger partial charge < -0.3 is 15.0 Å². The molecule has 0 aliphatic heterocycles. The van der Waals surface area contributed by atoms with Crippen LogP contribution in [-0.4, -0.2) is 64.2 Å². The smallest absolute Gasteiger partial charge is 0.242 e. The quantitative estimate of drug-likeness (QED) is 0.414. The van der Waals surface area contributed by atoms with Gasteiger partial charge in [-0.1, -0.05) is 56.3 Å². The maximum absolute atomic E-state index is 13.3. The number of nitrogens with one attached hydrogen (secondary N) is 1. The molecule has 2 aromatic rings. The number of methoxy groups -OCH3 is 1. The third-order valence-corrected chi connectivity index (χ3v) is 7.02. The molecule has 8 nitrogen and oxygen atoms in total. The van der Waals surface area contributed by atoms with Crippen LogP contribution in [0, 0.1) is 5.92 Å². The molecule has 198 valence electrons. The summed E-state index contributed by atoms with van der Waals surface area (Å²) in [5, 5.41) is 2.91. The van der Waals surface area contributed by atoms with E-state index in [-0.39, 0.29) is 24.8 Å². The lowest BCUT2D eigenvalue weighted by atomic mass is 10.1. The molecule has 36 heavy (non-hydrogen) atoms. The van der Waals surface area contributed by atoms with Crippen molar-refractivity contribution in [2.24, 2.45) is 5.92 Å². The summed E-state index contributed by atoms with van der Waals surface area (Å²) in [5.41, 5.74) is 1.50. The number of ether oxygens (including phenoxy) is 1. The Morgan fingerprint density at radius 3 is 2.22 bits per heavy atom. The Morgan fingerprint density at radius 1 is 0.972 bits per heavy atom. The van der Waals surface area contributed by atoms with Crippen LogP contribution in [0.5, 0.6) is 5.75 Å². The highest BCUT2D eigenvalue weighted by Gasteiger charge is 2.26. The van der Waals surface area contributed by atoms with E-state index in [1.807, 2.05) is 44.2 Å². The predicted octanol–water partition coefficient (Wildman–Crippen LogP) is 3.47. The van der Waals surface area contributed by atoms with Gasteiger partial charge in [0, 0.05) is 26.1 Å². The number of benzene rings is 2. The van der Waals surface area contributed by atoms with E-state index in [1.54, 1.807) is 36.1 Å². The first-order chi connectivity index (χ1) is 17.0. The Bertz CT molecular complexity index is 1090. The van der Waals surface area contributed by atoms with E-state index in [2.05, 4.69) is 5.32 Å². The van der Waals surface area contributed by atoms with Gasteiger partial charge in [0.25, 0.3) is 0 Å². The Hall–Kier alpha value is -3.07. The van der Waals surface area contributed by atoms with Gasteiger partial charge in [0.05, 0.1) is 19.1 Å². The molecule has 0 fully saturated rings. The number of para-hydroxylation sites is 2. The van der Waals surface area contributed by atoms with Gasteiger partial charge in [-0.2, -0.15) is 0 Å². The number of hydrogen-bond acceptors (Lipinski definition) is 5. The number of nitrogens with zero attached hydrogens (tertiary/aromatic N) is 2. The van der Waals surface area contributed by atoms with Crippen molar-refractivity contribution in [1.82, 2.24) is 10.2 Å². The van der Waals surface area contributed by atoms with Crippen LogP contribution in [-0.2, 0) is 26.0 Å². The summed E-state index contributed by atoms with van der Waals surface area (Å²) in [6.45, 7) is 6.80. The van der Waals surface area contributed by atoms with E-state index in [0.29, 0.717) is 43.3 Å². The fraction of sp³-hybridized carbons (Fsp3) is 0.481. The van der Waals surface area contributed by atoms with Gasteiger partial charge in [-0.05, 0) is 43.4 Å². The third kappa shape index (κ3) is 8.86. The number of carbonyl (C=O) groups excluding carboxylic acids is 2. The molecule has 0 aliphatic carbocycles. The monoisotopic (exact) mass is 517 g/mol. The minimum atomic E-state index is -3.60. The van der Waals surface area contributed by atoms with Gasteiger partial charge in [0.15, 0.2) is 0 Å². The summed E-state index contributed by atoms with van der Waals surface area (Å²) in [6, 6.07) is 16.0. The Balaban J connectivity index is 2.13. The molecule has 0 bridgehead atoms. The molecule has 0 unspecified atom stereocenters. The maximum atomic E-state index is 13.3. The van der Waals surface area contributed by atoms with Crippen molar-refractivity contribution in [2.75, 3.05) is 37.3 Å². The number of sulfonamides is 1. The van der Waals surface area contributed by atoms with E-state index in [4.69, 9.17) is 4.74 Å². The average Bonchev–Trinajstić information content (AvgIpc) is 2.85. The largest absolute Gasteiger partial charge is 0.495 e. The van der Waals surface area contributed by atoms with Crippen molar-refractivity contribution in [3.63, 3.8) is 0 Å². The van der Waals surface area contributed by atoms with Gasteiger partial charge in [0.2, 0.25) is 21.8 Å². The summed E-state index contributed by atoms with van der Waals surface area (Å²) in [6.07, 6.45) is 2.16. The van der Waals surface area contributed by atoms with Crippen LogP contribution in [0.1, 0.15) is 39.2 Å². The molecule has 0 aliphatic rings. The first-order valence-corrected chi connectivity index (χ1v) is 14.1. The third-order valence-electron chi connectivity index (χ3n) is 5.84. The molecule has 0 radical (unpaired) electrons. The molecular formula is C27H39N3O5S. The number of amides is 2. The van der Waals surface area contributed by atoms with Crippen molar-refractivity contribution < 1.29 is 22.7 Å². The van der Waals surface area contributed by atoms with Crippen molar-refractivity contribution >= 4 is 27.5 Å². The van der Waals surface area contributed by atoms with Gasteiger partial charge in [-0.3, -0.25) is 13.9 Å². The van der Waals surface area contributed by atoms with Crippen molar-refractivity contribution in [1.29, 1.82) is 0 Å². The van der Waals surface area contributed by atoms with Gasteiger partial charge in [0.1, 0.15) is 11.8 Å². The first-order valence-electron chi connectivity index (χ1n) is 12.3. The summed E-state index contributed by atoms with van der Waals surface area (Å²) < 4.78 is 31.6. The number of anilines is 1. The lowest BCUT2D eigenvalue weighted by Crippen LogP contribution is -2.49. The normalized spacial score (nSPS) is 12.2. The van der Waals surface area contributed by atoms with Gasteiger partial charge in [-0.25, -0.2) is 8.42 Å². The summed E-state index contributed by atoms with van der Waals surface area (Å²) >= 11 is 0. The van der Waals surface area contributed by atoms with Crippen LogP contribution in [0.3, 0.4) is 0 Å². The molecule has 0 spiro atoms. The second kappa shape index (κ2) is 13.9. The van der Waals surface area contributed by atoms with E-state index in [0.717, 1.165) is 11.8 Å². The molecule has 0 saturated carbocycles. The second-order valence-corrected chi connectivity index (χ2v) is 11.2. The summed E-state index contributed by atoms with van der Waals surface area (Å²) in [4.78, 5) is 27.7. The van der Waals surface area contributed by atoms with E-state index in [1.165, 1.54) is 11.4 Å². The van der Waals surface area contributed by atoms with Crippen molar-refractivity contribution in [3.05, 3.63) is 60.2 Å². The Kier molecular flexibility index (Phi) is 11.2. The number of hydrogen-bond donors (Lipinski definition) is 1. The highest BCUT2D eigenvalue weighted by atomic mass is 32.2. The van der Waals surface area contributed by atoms with E-state index >= 15 is 0 Å². The van der Waals surface area contributed by atoms with E-state index in [9.17, 15) is 18.0 Å². The molecular weight excluding hydrogens is 478 g/mol. The molecule has 1 atom stereocenters. The molecule has 2 aromatic carbocycles. The molecule has 2 amide bonds. The zero-order valence-corrected chi connectivity index (χ0v) is 22.8. The molecule has 2 rings (SSSR count). The lowest BCUT2D eigenvalue weighted by molar-refractivity contribution is -0.140. The van der Waals surface area contributed by atoms with Crippen LogP contribution in [0.2, 0.25) is 0 Å². The fourth-order valence-electron chi connectivity index (χ4n) is 3.84. The van der Waals surface area contributed by atoms with Crippen LogP contribution in [0.4, 0.5) is 5.69 Å². The predicted molar refractivity (Wildman–Crippen MR) is 144 cm³/mol. The van der Waals surface area contributed by atoms with Crippen molar-refractivity contribution in [2.45, 2.75) is 46.1 Å². The topological polar surface area (TPSA) is 96.0 Å². The molecule has 0 heterocycles.